The first kappa shape index (κ1) is 29.7. The first-order valence-corrected chi connectivity index (χ1v) is 10.1. The number of aliphatic carboxylic acids is 2. The normalized spacial score (nSPS) is 14.3. The fourth-order valence-corrected chi connectivity index (χ4v) is 2.59. The molecule has 15 nitrogen and oxygen atoms in total. The molecule has 0 aliphatic heterocycles. The van der Waals surface area contributed by atoms with Gasteiger partial charge in [-0.1, -0.05) is 0 Å². The van der Waals surface area contributed by atoms with Crippen molar-refractivity contribution in [2.45, 2.75) is 62.7 Å². The maximum absolute atomic E-state index is 12.6. The molecule has 12 N–H and O–H groups in total. The molecule has 4 unspecified atom stereocenters. The number of hydrogen-bond donors (Lipinski definition) is 9. The number of carbonyl (C=O) groups is 6. The highest BCUT2D eigenvalue weighted by Crippen LogP contribution is 2.04. The monoisotopic (exact) mass is 476 g/mol. The summed E-state index contributed by atoms with van der Waals surface area (Å²) in [7, 11) is 0. The highest BCUT2D eigenvalue weighted by molar-refractivity contribution is 5.95. The number of aliphatic hydroxyl groups excluding tert-OH is 1. The number of carboxylic acids is 2. The second kappa shape index (κ2) is 15.5. The van der Waals surface area contributed by atoms with Crippen LogP contribution in [0.4, 0.5) is 0 Å². The third-order valence-electron chi connectivity index (χ3n) is 4.42. The molecule has 0 saturated carbocycles. The Balaban J connectivity index is 5.26. The zero-order valence-corrected chi connectivity index (χ0v) is 18.0. The van der Waals surface area contributed by atoms with Crippen molar-refractivity contribution >= 4 is 35.6 Å². The maximum atomic E-state index is 12.6. The first-order valence-electron chi connectivity index (χ1n) is 10.1. The quantitative estimate of drug-likeness (QED) is 0.0905. The number of carbonyl (C=O) groups excluding carboxylic acids is 4. The summed E-state index contributed by atoms with van der Waals surface area (Å²) in [6.45, 7) is -0.564. The molecular formula is C18H32N6O9. The largest absolute Gasteiger partial charge is 0.481 e. The Bertz CT molecular complexity index is 718. The number of carboxylic acid groups (broad SMARTS) is 2. The molecule has 0 aliphatic carbocycles. The molecule has 0 aromatic rings. The number of nitrogens with one attached hydrogen (secondary N) is 3. The van der Waals surface area contributed by atoms with Gasteiger partial charge in [0.25, 0.3) is 0 Å². The van der Waals surface area contributed by atoms with Crippen molar-refractivity contribution < 1.29 is 44.1 Å². The average Bonchev–Trinajstić information content (AvgIpc) is 2.73. The lowest BCUT2D eigenvalue weighted by molar-refractivity contribution is -0.144. The van der Waals surface area contributed by atoms with Gasteiger partial charge in [0.1, 0.15) is 18.1 Å². The summed E-state index contributed by atoms with van der Waals surface area (Å²) in [6, 6.07) is -5.66. The Kier molecular flexibility index (Phi) is 13.9. The Hall–Kier alpha value is -3.30. The molecule has 15 heteroatoms. The molecule has 188 valence electrons. The highest BCUT2D eigenvalue weighted by Gasteiger charge is 2.30. The van der Waals surface area contributed by atoms with Crippen LogP contribution >= 0.6 is 0 Å². The van der Waals surface area contributed by atoms with Gasteiger partial charge in [0.2, 0.25) is 23.6 Å². The van der Waals surface area contributed by atoms with E-state index in [9.17, 15) is 33.9 Å². The third-order valence-corrected chi connectivity index (χ3v) is 4.42. The van der Waals surface area contributed by atoms with Crippen LogP contribution < -0.4 is 33.2 Å². The highest BCUT2D eigenvalue weighted by atomic mass is 16.4. The van der Waals surface area contributed by atoms with E-state index in [-0.39, 0.29) is 19.3 Å². The van der Waals surface area contributed by atoms with Crippen LogP contribution in [0.3, 0.4) is 0 Å². The average molecular weight is 476 g/mol. The molecule has 0 radical (unpaired) electrons. The molecule has 33 heavy (non-hydrogen) atoms. The summed E-state index contributed by atoms with van der Waals surface area (Å²) in [6.07, 6.45) is -0.359. The molecule has 0 bridgehead atoms. The van der Waals surface area contributed by atoms with Crippen LogP contribution in [0.2, 0.25) is 0 Å². The van der Waals surface area contributed by atoms with Gasteiger partial charge < -0.3 is 48.5 Å². The number of primary amides is 1. The third kappa shape index (κ3) is 12.4. The molecule has 0 aliphatic rings. The number of aliphatic hydroxyl groups is 1. The van der Waals surface area contributed by atoms with Crippen molar-refractivity contribution in [1.29, 1.82) is 0 Å². The lowest BCUT2D eigenvalue weighted by Gasteiger charge is -2.24. The molecule has 0 aromatic carbocycles. The van der Waals surface area contributed by atoms with Gasteiger partial charge in [-0.2, -0.15) is 0 Å². The maximum Gasteiger partial charge on any atom is 0.326 e. The van der Waals surface area contributed by atoms with E-state index in [4.69, 9.17) is 27.4 Å². The van der Waals surface area contributed by atoms with E-state index in [2.05, 4.69) is 16.0 Å². The van der Waals surface area contributed by atoms with Crippen molar-refractivity contribution in [1.82, 2.24) is 16.0 Å². The number of nitrogens with two attached hydrogens (primary N) is 3. The van der Waals surface area contributed by atoms with Gasteiger partial charge >= 0.3 is 11.9 Å². The van der Waals surface area contributed by atoms with Gasteiger partial charge in [-0.05, 0) is 32.2 Å². The Labute approximate surface area is 189 Å². The second-order valence-corrected chi connectivity index (χ2v) is 7.20. The minimum atomic E-state index is -1.62. The number of rotatable bonds is 17. The fraction of sp³-hybridized carbons (Fsp3) is 0.667. The van der Waals surface area contributed by atoms with Gasteiger partial charge in [-0.25, -0.2) is 4.79 Å². The number of hydrogen-bond acceptors (Lipinski definition) is 9. The predicted octanol–water partition coefficient (Wildman–Crippen LogP) is -4.29. The Morgan fingerprint density at radius 1 is 0.788 bits per heavy atom. The predicted molar refractivity (Wildman–Crippen MR) is 112 cm³/mol. The lowest BCUT2D eigenvalue weighted by Crippen LogP contribution is -2.58. The molecule has 4 atom stereocenters. The second-order valence-electron chi connectivity index (χ2n) is 7.20. The molecule has 4 amide bonds. The van der Waals surface area contributed by atoms with E-state index in [0.717, 1.165) is 0 Å². The Morgan fingerprint density at radius 2 is 1.33 bits per heavy atom. The molecule has 0 rings (SSSR count). The van der Waals surface area contributed by atoms with Crippen molar-refractivity contribution in [3.8, 4) is 0 Å². The standard InChI is InChI=1S/C18H32N6O9/c19-6-2-1-3-10(16(30)23-11(18(32)33)7-13(21)26)22-17(31)12(8-25)24-15(29)9(20)4-5-14(27)28/h9-12,25H,1-8,19-20H2,(H2,21,26)(H,22,31)(H,23,30)(H,24,29)(H,27,28)(H,32,33). The van der Waals surface area contributed by atoms with E-state index >= 15 is 0 Å². The van der Waals surface area contributed by atoms with E-state index in [1.807, 2.05) is 0 Å². The minimum Gasteiger partial charge on any atom is -0.481 e. The van der Waals surface area contributed by atoms with Gasteiger partial charge in [-0.3, -0.25) is 24.0 Å². The zero-order chi connectivity index (χ0) is 25.6. The summed E-state index contributed by atoms with van der Waals surface area (Å²) < 4.78 is 0. The van der Waals surface area contributed by atoms with Gasteiger partial charge in [0.05, 0.1) is 19.1 Å². The lowest BCUT2D eigenvalue weighted by atomic mass is 10.1. The van der Waals surface area contributed by atoms with Crippen LogP contribution in [0.15, 0.2) is 0 Å². The zero-order valence-electron chi connectivity index (χ0n) is 18.0. The Morgan fingerprint density at radius 3 is 1.82 bits per heavy atom. The summed E-state index contributed by atoms with van der Waals surface area (Å²) in [5, 5.41) is 33.8. The van der Waals surface area contributed by atoms with Crippen LogP contribution in [-0.2, 0) is 28.8 Å². The molecule has 0 heterocycles. The van der Waals surface area contributed by atoms with E-state index < -0.39 is 72.8 Å². The summed E-state index contributed by atoms with van der Waals surface area (Å²) in [4.78, 5) is 70.0. The smallest absolute Gasteiger partial charge is 0.326 e. The minimum absolute atomic E-state index is 0.0436. The topological polar surface area (TPSA) is 277 Å². The van der Waals surface area contributed by atoms with E-state index in [0.29, 0.717) is 19.4 Å². The SMILES string of the molecule is NCCCCC(NC(=O)C(CO)NC(=O)C(N)CCC(=O)O)C(=O)NC(CC(N)=O)C(=O)O. The molecule has 0 fully saturated rings. The molecular weight excluding hydrogens is 444 g/mol. The summed E-state index contributed by atoms with van der Waals surface area (Å²) in [5.41, 5.74) is 16.0. The van der Waals surface area contributed by atoms with Crippen molar-refractivity contribution in [3.63, 3.8) is 0 Å². The summed E-state index contributed by atoms with van der Waals surface area (Å²) >= 11 is 0. The van der Waals surface area contributed by atoms with Crippen molar-refractivity contribution in [2.24, 2.45) is 17.2 Å². The summed E-state index contributed by atoms with van der Waals surface area (Å²) in [5.74, 6) is -6.42. The first-order chi connectivity index (χ1) is 15.4. The van der Waals surface area contributed by atoms with Gasteiger partial charge in [-0.15, -0.1) is 0 Å². The van der Waals surface area contributed by atoms with Crippen LogP contribution in [-0.4, -0.2) is 88.2 Å². The fourth-order valence-electron chi connectivity index (χ4n) is 2.59. The molecule has 0 spiro atoms. The molecule has 0 saturated heterocycles. The van der Waals surface area contributed by atoms with E-state index in [1.165, 1.54) is 0 Å². The number of amides is 4. The van der Waals surface area contributed by atoms with Crippen LogP contribution in [0.5, 0.6) is 0 Å². The molecule has 0 aromatic heterocycles. The van der Waals surface area contributed by atoms with Crippen LogP contribution in [0, 0.1) is 0 Å². The van der Waals surface area contributed by atoms with Crippen molar-refractivity contribution in [3.05, 3.63) is 0 Å². The van der Waals surface area contributed by atoms with Crippen LogP contribution in [0.1, 0.15) is 38.5 Å². The van der Waals surface area contributed by atoms with Crippen molar-refractivity contribution in [2.75, 3.05) is 13.2 Å². The van der Waals surface area contributed by atoms with E-state index in [1.54, 1.807) is 0 Å². The number of unbranched alkanes of at least 4 members (excludes halogenated alkanes) is 1. The van der Waals surface area contributed by atoms with Crippen LogP contribution in [0.25, 0.3) is 0 Å². The van der Waals surface area contributed by atoms with Gasteiger partial charge in [0, 0.05) is 6.42 Å². The van der Waals surface area contributed by atoms with Gasteiger partial charge in [0.15, 0.2) is 0 Å².